The highest BCUT2D eigenvalue weighted by atomic mass is 16.2. The fourth-order valence-electron chi connectivity index (χ4n) is 1.39. The van der Waals surface area contributed by atoms with Crippen LogP contribution >= 0.6 is 0 Å². The van der Waals surface area contributed by atoms with E-state index >= 15 is 0 Å². The second-order valence-electron chi connectivity index (χ2n) is 3.75. The van der Waals surface area contributed by atoms with Gasteiger partial charge in [-0.25, -0.2) is 9.59 Å². The van der Waals surface area contributed by atoms with E-state index in [0.29, 0.717) is 5.82 Å². The van der Waals surface area contributed by atoms with Crippen molar-refractivity contribution in [3.05, 3.63) is 16.3 Å². The number of rotatable bonds is 3. The third-order valence-corrected chi connectivity index (χ3v) is 2.26. The monoisotopic (exact) mass is 227 g/mol. The van der Waals surface area contributed by atoms with Gasteiger partial charge in [0.2, 0.25) is 0 Å². The maximum Gasteiger partial charge on any atom is 0.373 e. The number of carbonyl (C=O) groups excluding carboxylic acids is 1. The molecule has 1 aromatic rings. The molecule has 0 radical (unpaired) electrons. The number of nitrogen functional groups attached to an aromatic ring is 1. The summed E-state index contributed by atoms with van der Waals surface area (Å²) in [5, 5.41) is 6.42. The van der Waals surface area contributed by atoms with E-state index < -0.39 is 11.7 Å². The Morgan fingerprint density at radius 3 is 2.69 bits per heavy atom. The Morgan fingerprint density at radius 1 is 1.62 bits per heavy atom. The molecule has 0 aliphatic rings. The lowest BCUT2D eigenvalue weighted by Crippen LogP contribution is -2.42. The van der Waals surface area contributed by atoms with Crippen LogP contribution in [0.4, 0.5) is 4.79 Å². The Hall–Kier alpha value is -1.79. The predicted octanol–water partition coefficient (Wildman–Crippen LogP) is -0.187. The van der Waals surface area contributed by atoms with Gasteiger partial charge in [-0.3, -0.25) is 0 Å². The molecule has 0 saturated carbocycles. The van der Waals surface area contributed by atoms with E-state index in [0.717, 1.165) is 22.2 Å². The summed E-state index contributed by atoms with van der Waals surface area (Å²) in [5.74, 6) is 5.67. The molecule has 7 heteroatoms. The summed E-state index contributed by atoms with van der Waals surface area (Å²) >= 11 is 0. The van der Waals surface area contributed by atoms with Gasteiger partial charge in [-0.05, 0) is 20.3 Å². The van der Waals surface area contributed by atoms with E-state index in [1.54, 1.807) is 6.92 Å². The van der Waals surface area contributed by atoms with E-state index in [1.165, 1.54) is 0 Å². The number of aryl methyl sites for hydroxylation is 1. The van der Waals surface area contributed by atoms with Crippen molar-refractivity contribution in [1.29, 1.82) is 0 Å². The highest BCUT2D eigenvalue weighted by molar-refractivity contribution is 5.75. The van der Waals surface area contributed by atoms with Gasteiger partial charge >= 0.3 is 11.7 Å². The molecule has 1 unspecified atom stereocenters. The number of nitrogens with one attached hydrogen (secondary N) is 1. The molecule has 16 heavy (non-hydrogen) atoms. The molecule has 1 amide bonds. The second-order valence-corrected chi connectivity index (χ2v) is 3.75. The number of nitrogens with two attached hydrogens (primary N) is 1. The predicted molar refractivity (Wildman–Crippen MR) is 59.7 cm³/mol. The van der Waals surface area contributed by atoms with Crippen molar-refractivity contribution in [3.8, 4) is 0 Å². The molecule has 1 heterocycles. The van der Waals surface area contributed by atoms with Crippen LogP contribution in [-0.2, 0) is 0 Å². The van der Waals surface area contributed by atoms with Crippen molar-refractivity contribution >= 4 is 6.03 Å². The van der Waals surface area contributed by atoms with Crippen LogP contribution in [0.1, 0.15) is 32.5 Å². The zero-order chi connectivity index (χ0) is 12.3. The van der Waals surface area contributed by atoms with Gasteiger partial charge < -0.3 is 11.2 Å². The first-order valence-electron chi connectivity index (χ1n) is 5.22. The van der Waals surface area contributed by atoms with E-state index in [4.69, 9.17) is 5.84 Å². The van der Waals surface area contributed by atoms with Crippen LogP contribution in [0.2, 0.25) is 0 Å². The van der Waals surface area contributed by atoms with Crippen molar-refractivity contribution in [2.24, 2.45) is 0 Å². The van der Waals surface area contributed by atoms with Crippen molar-refractivity contribution in [3.63, 3.8) is 0 Å². The van der Waals surface area contributed by atoms with Crippen LogP contribution in [0.5, 0.6) is 0 Å². The molecule has 90 valence electrons. The van der Waals surface area contributed by atoms with Gasteiger partial charge in [0.1, 0.15) is 0 Å². The van der Waals surface area contributed by atoms with Crippen molar-refractivity contribution < 1.29 is 4.79 Å². The maximum absolute atomic E-state index is 11.6. The molecule has 0 saturated heterocycles. The van der Waals surface area contributed by atoms with Crippen molar-refractivity contribution in [2.75, 3.05) is 5.84 Å². The average Bonchev–Trinajstić information content (AvgIpc) is 2.46. The van der Waals surface area contributed by atoms with Crippen LogP contribution in [0.15, 0.2) is 4.79 Å². The first-order valence-corrected chi connectivity index (χ1v) is 5.22. The van der Waals surface area contributed by atoms with Gasteiger partial charge in [0.15, 0.2) is 5.82 Å². The Labute approximate surface area is 93.2 Å². The summed E-state index contributed by atoms with van der Waals surface area (Å²) in [7, 11) is 0. The van der Waals surface area contributed by atoms with Gasteiger partial charge in [0.25, 0.3) is 0 Å². The number of carbonyl (C=O) groups is 1. The van der Waals surface area contributed by atoms with Crippen LogP contribution in [0.3, 0.4) is 0 Å². The van der Waals surface area contributed by atoms with Crippen LogP contribution in [0.25, 0.3) is 0 Å². The molecular weight excluding hydrogens is 210 g/mol. The summed E-state index contributed by atoms with van der Waals surface area (Å²) in [6.07, 6.45) is 1.81. The van der Waals surface area contributed by atoms with Gasteiger partial charge in [0, 0.05) is 6.04 Å². The lowest BCUT2D eigenvalue weighted by Gasteiger charge is -2.11. The maximum atomic E-state index is 11.6. The molecule has 0 aliphatic carbocycles. The average molecular weight is 227 g/mol. The molecule has 1 rings (SSSR count). The lowest BCUT2D eigenvalue weighted by atomic mass is 10.2. The van der Waals surface area contributed by atoms with E-state index in [9.17, 15) is 9.59 Å². The molecule has 7 nitrogen and oxygen atoms in total. The second kappa shape index (κ2) is 4.82. The van der Waals surface area contributed by atoms with E-state index in [2.05, 4.69) is 10.4 Å². The van der Waals surface area contributed by atoms with Crippen LogP contribution < -0.4 is 16.8 Å². The SMILES string of the molecule is CCCC(C)NC(=O)n1nc(C)n(N)c1=O. The van der Waals surface area contributed by atoms with Crippen LogP contribution in [0, 0.1) is 6.92 Å². The molecule has 1 aromatic heterocycles. The van der Waals surface area contributed by atoms with Gasteiger partial charge in [-0.2, -0.15) is 4.68 Å². The normalized spacial score (nSPS) is 12.4. The quantitative estimate of drug-likeness (QED) is 0.700. The molecule has 0 bridgehead atoms. The smallest absolute Gasteiger partial charge is 0.334 e. The fourth-order valence-corrected chi connectivity index (χ4v) is 1.39. The summed E-state index contributed by atoms with van der Waals surface area (Å²) in [6, 6.07) is -0.536. The first kappa shape index (κ1) is 12.3. The third-order valence-electron chi connectivity index (χ3n) is 2.26. The molecular formula is C9H17N5O2. The summed E-state index contributed by atoms with van der Waals surface area (Å²) in [6.45, 7) is 5.45. The lowest BCUT2D eigenvalue weighted by molar-refractivity contribution is 0.234. The minimum absolute atomic E-state index is 0.00707. The zero-order valence-electron chi connectivity index (χ0n) is 9.73. The number of hydrogen-bond acceptors (Lipinski definition) is 4. The van der Waals surface area contributed by atoms with E-state index in [1.807, 2.05) is 13.8 Å². The van der Waals surface area contributed by atoms with Gasteiger partial charge in [0.05, 0.1) is 0 Å². The number of nitrogens with zero attached hydrogens (tertiary/aromatic N) is 3. The Bertz CT molecular complexity index is 434. The summed E-state index contributed by atoms with van der Waals surface area (Å²) < 4.78 is 1.57. The minimum atomic E-state index is -0.640. The Morgan fingerprint density at radius 2 is 2.25 bits per heavy atom. The standard InChI is InChI=1S/C9H17N5O2/c1-4-5-6(2)11-8(15)14-9(16)13(10)7(3)12-14/h6H,4-5,10H2,1-3H3,(H,11,15). The van der Waals surface area contributed by atoms with E-state index in [-0.39, 0.29) is 6.04 Å². The molecule has 0 fully saturated rings. The number of aromatic nitrogens is 3. The highest BCUT2D eigenvalue weighted by Gasteiger charge is 2.15. The molecule has 1 atom stereocenters. The Balaban J connectivity index is 2.81. The first-order chi connectivity index (χ1) is 7.47. The molecule has 0 aliphatic heterocycles. The summed E-state index contributed by atoms with van der Waals surface area (Å²) in [5.41, 5.74) is -0.640. The topological polar surface area (TPSA) is 94.9 Å². The molecule has 0 spiro atoms. The van der Waals surface area contributed by atoms with Gasteiger partial charge in [-0.15, -0.1) is 9.78 Å². The fraction of sp³-hybridized carbons (Fsp3) is 0.667. The highest BCUT2D eigenvalue weighted by Crippen LogP contribution is 1.95. The third kappa shape index (κ3) is 2.41. The van der Waals surface area contributed by atoms with Crippen molar-refractivity contribution in [1.82, 2.24) is 19.8 Å². The van der Waals surface area contributed by atoms with Crippen molar-refractivity contribution in [2.45, 2.75) is 39.7 Å². The summed E-state index contributed by atoms with van der Waals surface area (Å²) in [4.78, 5) is 23.1. The zero-order valence-corrected chi connectivity index (χ0v) is 9.73. The number of amides is 1. The van der Waals surface area contributed by atoms with Gasteiger partial charge in [-0.1, -0.05) is 13.3 Å². The molecule has 0 aromatic carbocycles. The largest absolute Gasteiger partial charge is 0.373 e. The molecule has 3 N–H and O–H groups in total. The minimum Gasteiger partial charge on any atom is -0.334 e. The van der Waals surface area contributed by atoms with Crippen LogP contribution in [-0.4, -0.2) is 26.5 Å². The number of hydrogen-bond donors (Lipinski definition) is 2. The Kier molecular flexibility index (Phi) is 3.70.